The minimum absolute atomic E-state index is 0.218. The fourth-order valence-corrected chi connectivity index (χ4v) is 2.33. The van der Waals surface area contributed by atoms with Crippen LogP contribution in [0.25, 0.3) is 0 Å². The minimum atomic E-state index is 0.218. The van der Waals surface area contributed by atoms with Crippen LogP contribution in [0, 0.1) is 13.8 Å². The number of halogens is 1. The normalized spacial score (nSPS) is 12.2. The number of benzene rings is 2. The molecule has 0 amide bonds. The first-order valence-corrected chi connectivity index (χ1v) is 7.66. The van der Waals surface area contributed by atoms with Crippen molar-refractivity contribution in [3.63, 3.8) is 0 Å². The molecule has 2 rings (SSSR count). The van der Waals surface area contributed by atoms with Crippen LogP contribution >= 0.6 is 11.6 Å². The summed E-state index contributed by atoms with van der Waals surface area (Å²) in [6, 6.07) is 12.1. The standard InChI is InChI=1S/C18H22ClNO/c1-4-15(20)11-14-5-8-18(13(3)9-14)21-16-6-7-17(19)12(2)10-16/h5-10,15H,4,11,20H2,1-3H3. The fourth-order valence-electron chi connectivity index (χ4n) is 2.21. The average molecular weight is 304 g/mol. The van der Waals surface area contributed by atoms with Gasteiger partial charge in [-0.15, -0.1) is 0 Å². The van der Waals surface area contributed by atoms with Crippen LogP contribution in [0.4, 0.5) is 0 Å². The van der Waals surface area contributed by atoms with Crippen molar-refractivity contribution in [3.05, 3.63) is 58.1 Å². The Hall–Kier alpha value is -1.51. The number of aryl methyl sites for hydroxylation is 2. The zero-order chi connectivity index (χ0) is 15.4. The smallest absolute Gasteiger partial charge is 0.130 e. The fraction of sp³-hybridized carbons (Fsp3) is 0.333. The topological polar surface area (TPSA) is 35.2 Å². The van der Waals surface area contributed by atoms with Crippen molar-refractivity contribution in [2.45, 2.75) is 39.7 Å². The molecule has 0 aliphatic heterocycles. The third-order valence-electron chi connectivity index (χ3n) is 3.62. The average Bonchev–Trinajstić information content (AvgIpc) is 2.45. The van der Waals surface area contributed by atoms with Crippen molar-refractivity contribution in [3.8, 4) is 11.5 Å². The molecule has 0 aliphatic rings. The van der Waals surface area contributed by atoms with Crippen molar-refractivity contribution < 1.29 is 4.74 Å². The van der Waals surface area contributed by atoms with Crippen molar-refractivity contribution in [1.82, 2.24) is 0 Å². The van der Waals surface area contributed by atoms with Gasteiger partial charge in [0.2, 0.25) is 0 Å². The predicted octanol–water partition coefficient (Wildman–Crippen LogP) is 5.03. The molecule has 3 heteroatoms. The van der Waals surface area contributed by atoms with Crippen LogP contribution in [0.1, 0.15) is 30.0 Å². The second-order valence-corrected chi connectivity index (χ2v) is 5.89. The van der Waals surface area contributed by atoms with Gasteiger partial charge in [-0.05, 0) is 67.6 Å². The van der Waals surface area contributed by atoms with E-state index < -0.39 is 0 Å². The van der Waals surface area contributed by atoms with E-state index in [0.717, 1.165) is 40.5 Å². The van der Waals surface area contributed by atoms with Gasteiger partial charge in [-0.1, -0.05) is 30.7 Å². The Balaban J connectivity index is 2.15. The molecule has 2 N–H and O–H groups in total. The Morgan fingerprint density at radius 1 is 1.10 bits per heavy atom. The second-order valence-electron chi connectivity index (χ2n) is 5.49. The van der Waals surface area contributed by atoms with E-state index in [1.54, 1.807) is 0 Å². The van der Waals surface area contributed by atoms with Gasteiger partial charge in [-0.3, -0.25) is 0 Å². The number of rotatable bonds is 5. The summed E-state index contributed by atoms with van der Waals surface area (Å²) in [4.78, 5) is 0. The zero-order valence-electron chi connectivity index (χ0n) is 12.8. The molecule has 0 heterocycles. The highest BCUT2D eigenvalue weighted by Crippen LogP contribution is 2.28. The highest BCUT2D eigenvalue weighted by atomic mass is 35.5. The van der Waals surface area contributed by atoms with Crippen LogP contribution in [0.5, 0.6) is 11.5 Å². The lowest BCUT2D eigenvalue weighted by atomic mass is 10.0. The Bertz CT molecular complexity index is 625. The molecule has 0 saturated carbocycles. The molecule has 112 valence electrons. The molecular weight excluding hydrogens is 282 g/mol. The maximum Gasteiger partial charge on any atom is 0.130 e. The van der Waals surface area contributed by atoms with Crippen molar-refractivity contribution >= 4 is 11.6 Å². The summed E-state index contributed by atoms with van der Waals surface area (Å²) < 4.78 is 5.94. The van der Waals surface area contributed by atoms with Crippen molar-refractivity contribution in [2.24, 2.45) is 5.73 Å². The van der Waals surface area contributed by atoms with Crippen molar-refractivity contribution in [1.29, 1.82) is 0 Å². The maximum atomic E-state index is 6.03. The summed E-state index contributed by atoms with van der Waals surface area (Å²) in [6.07, 6.45) is 1.89. The van der Waals surface area contributed by atoms with Gasteiger partial charge >= 0.3 is 0 Å². The van der Waals surface area contributed by atoms with E-state index >= 15 is 0 Å². The first-order valence-electron chi connectivity index (χ1n) is 7.28. The number of hydrogen-bond donors (Lipinski definition) is 1. The van der Waals surface area contributed by atoms with E-state index in [1.807, 2.05) is 31.2 Å². The second kappa shape index (κ2) is 6.97. The minimum Gasteiger partial charge on any atom is -0.457 e. The number of hydrogen-bond acceptors (Lipinski definition) is 2. The lowest BCUT2D eigenvalue weighted by molar-refractivity contribution is 0.478. The Labute approximate surface area is 131 Å². The van der Waals surface area contributed by atoms with Gasteiger partial charge in [0, 0.05) is 11.1 Å². The molecule has 0 aliphatic carbocycles. The van der Waals surface area contributed by atoms with Crippen LogP contribution in [0.15, 0.2) is 36.4 Å². The van der Waals surface area contributed by atoms with E-state index in [9.17, 15) is 0 Å². The molecule has 1 atom stereocenters. The summed E-state index contributed by atoms with van der Waals surface area (Å²) in [5.74, 6) is 1.67. The molecule has 21 heavy (non-hydrogen) atoms. The number of ether oxygens (including phenoxy) is 1. The van der Waals surface area contributed by atoms with E-state index in [0.29, 0.717) is 0 Å². The van der Waals surface area contributed by atoms with Crippen LogP contribution in [-0.2, 0) is 6.42 Å². The summed E-state index contributed by atoms with van der Waals surface area (Å²) in [5.41, 5.74) is 9.38. The Kier molecular flexibility index (Phi) is 5.27. The third kappa shape index (κ3) is 4.23. The van der Waals surface area contributed by atoms with Gasteiger partial charge in [-0.2, -0.15) is 0 Å². The van der Waals surface area contributed by atoms with E-state index in [1.165, 1.54) is 5.56 Å². The van der Waals surface area contributed by atoms with Gasteiger partial charge in [0.05, 0.1) is 0 Å². The van der Waals surface area contributed by atoms with Gasteiger partial charge in [0.1, 0.15) is 11.5 Å². The van der Waals surface area contributed by atoms with Crippen LogP contribution in [-0.4, -0.2) is 6.04 Å². The lowest BCUT2D eigenvalue weighted by Gasteiger charge is -2.13. The van der Waals surface area contributed by atoms with Crippen molar-refractivity contribution in [2.75, 3.05) is 0 Å². The molecule has 0 spiro atoms. The SMILES string of the molecule is CCC(N)Cc1ccc(Oc2ccc(Cl)c(C)c2)c(C)c1. The van der Waals surface area contributed by atoms with Crippen LogP contribution in [0.2, 0.25) is 5.02 Å². The Morgan fingerprint density at radius 2 is 1.86 bits per heavy atom. The van der Waals surface area contributed by atoms with E-state index in [-0.39, 0.29) is 6.04 Å². The molecule has 2 nitrogen and oxygen atoms in total. The largest absolute Gasteiger partial charge is 0.457 e. The summed E-state index contributed by atoms with van der Waals surface area (Å²) >= 11 is 6.03. The molecule has 2 aromatic carbocycles. The summed E-state index contributed by atoms with van der Waals surface area (Å²) in [5, 5.41) is 0.753. The zero-order valence-corrected chi connectivity index (χ0v) is 13.6. The van der Waals surface area contributed by atoms with Gasteiger partial charge in [0.15, 0.2) is 0 Å². The lowest BCUT2D eigenvalue weighted by Crippen LogP contribution is -2.21. The van der Waals surface area contributed by atoms with Gasteiger partial charge < -0.3 is 10.5 Å². The van der Waals surface area contributed by atoms with Crippen LogP contribution in [0.3, 0.4) is 0 Å². The number of nitrogens with two attached hydrogens (primary N) is 1. The van der Waals surface area contributed by atoms with E-state index in [2.05, 4.69) is 26.0 Å². The predicted molar refractivity (Wildman–Crippen MR) is 89.4 cm³/mol. The highest BCUT2D eigenvalue weighted by Gasteiger charge is 2.07. The monoisotopic (exact) mass is 303 g/mol. The van der Waals surface area contributed by atoms with E-state index in [4.69, 9.17) is 22.1 Å². The van der Waals surface area contributed by atoms with Gasteiger partial charge in [0.25, 0.3) is 0 Å². The maximum absolute atomic E-state index is 6.03. The quantitative estimate of drug-likeness (QED) is 0.841. The first-order chi connectivity index (χ1) is 9.99. The molecule has 0 bridgehead atoms. The molecular formula is C18H22ClNO. The summed E-state index contributed by atoms with van der Waals surface area (Å²) in [6.45, 7) is 6.13. The molecule has 0 saturated heterocycles. The van der Waals surface area contributed by atoms with Crippen LogP contribution < -0.4 is 10.5 Å². The van der Waals surface area contributed by atoms with Gasteiger partial charge in [-0.25, -0.2) is 0 Å². The molecule has 2 aromatic rings. The molecule has 0 aromatic heterocycles. The highest BCUT2D eigenvalue weighted by molar-refractivity contribution is 6.31. The first kappa shape index (κ1) is 15.9. The molecule has 1 unspecified atom stereocenters. The summed E-state index contributed by atoms with van der Waals surface area (Å²) in [7, 11) is 0. The Morgan fingerprint density at radius 3 is 2.48 bits per heavy atom. The molecule has 0 radical (unpaired) electrons. The third-order valence-corrected chi connectivity index (χ3v) is 4.04. The molecule has 0 fully saturated rings.